The molecule has 0 heterocycles. The molecule has 4 rings (SSSR count). The molecule has 1 heteroatoms. The van der Waals surface area contributed by atoms with Crippen molar-refractivity contribution in [3.8, 4) is 11.1 Å². The minimum Gasteiger partial charge on any atom is -0.0654 e. The van der Waals surface area contributed by atoms with E-state index in [0.717, 1.165) is 0 Å². The number of rotatable bonds is 14. The molecular weight excluding hydrogens is 452 g/mol. The Morgan fingerprint density at radius 1 is 0.656 bits per heavy atom. The Labute approximate surface area is 205 Å². The Kier molecular flexibility index (Phi) is 8.55. The fourth-order valence-corrected chi connectivity index (χ4v) is 7.03. The standard InChI is InChI=1S/C31H43Br/c1-3-5-7-9-11-13-20-31(21-14-12-10-8-6-4-2)27-17-15-16-24-18-19-25-22-26(32)23-28(31)30(25)29(24)27/h15-17,22-23H,3-14,18-21H2,1-2H3. The van der Waals surface area contributed by atoms with Gasteiger partial charge in [0, 0.05) is 9.89 Å². The monoisotopic (exact) mass is 494 g/mol. The molecule has 0 aliphatic heterocycles. The Bertz CT molecular complexity index is 878. The first-order chi connectivity index (χ1) is 15.7. The number of halogens is 1. The first kappa shape index (κ1) is 24.1. The fraction of sp³-hybridized carbons (Fsp3) is 0.613. The normalized spacial score (nSPS) is 15.2. The number of hydrogen-bond acceptors (Lipinski definition) is 0. The summed E-state index contributed by atoms with van der Waals surface area (Å²) in [6.45, 7) is 4.63. The molecule has 0 saturated carbocycles. The second kappa shape index (κ2) is 11.4. The van der Waals surface area contributed by atoms with Gasteiger partial charge in [0.15, 0.2) is 0 Å². The van der Waals surface area contributed by atoms with Gasteiger partial charge in [0.2, 0.25) is 0 Å². The average molecular weight is 496 g/mol. The van der Waals surface area contributed by atoms with Gasteiger partial charge in [-0.05, 0) is 71.2 Å². The lowest BCUT2D eigenvalue weighted by molar-refractivity contribution is 0.397. The van der Waals surface area contributed by atoms with Crippen molar-refractivity contribution < 1.29 is 0 Å². The van der Waals surface area contributed by atoms with E-state index in [-0.39, 0.29) is 5.41 Å². The molecule has 0 radical (unpaired) electrons. The summed E-state index contributed by atoms with van der Waals surface area (Å²) in [5.74, 6) is 0. The van der Waals surface area contributed by atoms with Crippen LogP contribution in [0.5, 0.6) is 0 Å². The zero-order chi connectivity index (χ0) is 22.4. The van der Waals surface area contributed by atoms with Crippen LogP contribution < -0.4 is 0 Å². The summed E-state index contributed by atoms with van der Waals surface area (Å²) in [4.78, 5) is 0. The number of hydrogen-bond donors (Lipinski definition) is 0. The van der Waals surface area contributed by atoms with Crippen molar-refractivity contribution in [3.63, 3.8) is 0 Å². The molecule has 2 aromatic rings. The highest BCUT2D eigenvalue weighted by Gasteiger charge is 2.45. The Balaban J connectivity index is 1.62. The van der Waals surface area contributed by atoms with Crippen molar-refractivity contribution in [1.29, 1.82) is 0 Å². The summed E-state index contributed by atoms with van der Waals surface area (Å²) in [5.41, 5.74) is 10.0. The maximum atomic E-state index is 3.89. The summed E-state index contributed by atoms with van der Waals surface area (Å²) >= 11 is 3.89. The van der Waals surface area contributed by atoms with Crippen LogP contribution in [0, 0.1) is 0 Å². The van der Waals surface area contributed by atoms with Crippen LogP contribution in [0.25, 0.3) is 11.1 Å². The van der Waals surface area contributed by atoms with Crippen LogP contribution in [0.4, 0.5) is 0 Å². The van der Waals surface area contributed by atoms with E-state index in [9.17, 15) is 0 Å². The molecule has 0 bridgehead atoms. The summed E-state index contributed by atoms with van der Waals surface area (Å²) < 4.78 is 1.29. The topological polar surface area (TPSA) is 0 Å². The summed E-state index contributed by atoms with van der Waals surface area (Å²) in [6.07, 6.45) is 21.7. The molecular formula is C31H43Br. The molecule has 2 aromatic carbocycles. The molecule has 0 nitrogen and oxygen atoms in total. The van der Waals surface area contributed by atoms with Gasteiger partial charge in [-0.15, -0.1) is 0 Å². The average Bonchev–Trinajstić information content (AvgIpc) is 3.07. The quantitative estimate of drug-likeness (QED) is 0.229. The number of aryl methyl sites for hydroxylation is 2. The van der Waals surface area contributed by atoms with E-state index in [1.807, 2.05) is 0 Å². The van der Waals surface area contributed by atoms with Gasteiger partial charge in [-0.3, -0.25) is 0 Å². The first-order valence-electron chi connectivity index (χ1n) is 13.7. The molecule has 174 valence electrons. The van der Waals surface area contributed by atoms with Crippen molar-refractivity contribution in [3.05, 3.63) is 57.1 Å². The SMILES string of the molecule is CCCCCCCCC1(CCCCCCCC)c2cccc3c2-c2c(cc(Br)cc21)CC3. The lowest BCUT2D eigenvalue weighted by atomic mass is 9.70. The van der Waals surface area contributed by atoms with Crippen molar-refractivity contribution >= 4 is 15.9 Å². The third kappa shape index (κ3) is 4.89. The number of unbranched alkanes of at least 4 members (excludes halogenated alkanes) is 10. The lowest BCUT2D eigenvalue weighted by Crippen LogP contribution is -2.25. The molecule has 0 saturated heterocycles. The lowest BCUT2D eigenvalue weighted by Gasteiger charge is -2.33. The first-order valence-corrected chi connectivity index (χ1v) is 14.5. The molecule has 2 aliphatic rings. The minimum absolute atomic E-state index is 0.235. The molecule has 0 amide bonds. The van der Waals surface area contributed by atoms with E-state index in [0.29, 0.717) is 0 Å². The van der Waals surface area contributed by atoms with Gasteiger partial charge in [0.25, 0.3) is 0 Å². The molecule has 0 unspecified atom stereocenters. The van der Waals surface area contributed by atoms with Gasteiger partial charge in [-0.2, -0.15) is 0 Å². The molecule has 0 N–H and O–H groups in total. The van der Waals surface area contributed by atoms with Gasteiger partial charge in [-0.25, -0.2) is 0 Å². The van der Waals surface area contributed by atoms with E-state index in [1.54, 1.807) is 33.4 Å². The van der Waals surface area contributed by atoms with Crippen LogP contribution in [-0.2, 0) is 18.3 Å². The Morgan fingerprint density at radius 3 is 1.88 bits per heavy atom. The van der Waals surface area contributed by atoms with Crippen LogP contribution in [0.1, 0.15) is 126 Å². The predicted octanol–water partition coefficient (Wildman–Crippen LogP) is 10.3. The van der Waals surface area contributed by atoms with Gasteiger partial charge in [0.05, 0.1) is 0 Å². The zero-order valence-corrected chi connectivity index (χ0v) is 22.2. The second-order valence-electron chi connectivity index (χ2n) is 10.4. The fourth-order valence-electron chi connectivity index (χ4n) is 6.53. The Hall–Kier alpha value is -1.08. The third-order valence-electron chi connectivity index (χ3n) is 8.19. The summed E-state index contributed by atoms with van der Waals surface area (Å²) in [7, 11) is 0. The van der Waals surface area contributed by atoms with Crippen molar-refractivity contribution in [2.45, 2.75) is 122 Å². The Morgan fingerprint density at radius 2 is 1.22 bits per heavy atom. The van der Waals surface area contributed by atoms with Crippen LogP contribution in [-0.4, -0.2) is 0 Å². The van der Waals surface area contributed by atoms with Crippen LogP contribution in [0.15, 0.2) is 34.8 Å². The van der Waals surface area contributed by atoms with E-state index >= 15 is 0 Å². The highest BCUT2D eigenvalue weighted by Crippen LogP contribution is 2.58. The van der Waals surface area contributed by atoms with E-state index in [1.165, 1.54) is 107 Å². The molecule has 0 fully saturated rings. The van der Waals surface area contributed by atoms with Crippen LogP contribution >= 0.6 is 15.9 Å². The molecule has 32 heavy (non-hydrogen) atoms. The molecule has 0 aromatic heterocycles. The van der Waals surface area contributed by atoms with Gasteiger partial charge in [-0.1, -0.05) is 125 Å². The third-order valence-corrected chi connectivity index (χ3v) is 8.65. The largest absolute Gasteiger partial charge is 0.0654 e. The molecule has 0 atom stereocenters. The van der Waals surface area contributed by atoms with Crippen molar-refractivity contribution in [2.24, 2.45) is 0 Å². The smallest absolute Gasteiger partial charge is 0.0215 e. The minimum atomic E-state index is 0.235. The zero-order valence-electron chi connectivity index (χ0n) is 20.6. The summed E-state index contributed by atoms with van der Waals surface area (Å²) in [5, 5.41) is 0. The van der Waals surface area contributed by atoms with E-state index in [2.05, 4.69) is 60.1 Å². The van der Waals surface area contributed by atoms with E-state index < -0.39 is 0 Å². The number of benzene rings is 2. The van der Waals surface area contributed by atoms with Crippen LogP contribution in [0.3, 0.4) is 0 Å². The molecule has 2 aliphatic carbocycles. The second-order valence-corrected chi connectivity index (χ2v) is 11.4. The van der Waals surface area contributed by atoms with Gasteiger partial charge in [0.1, 0.15) is 0 Å². The summed E-state index contributed by atoms with van der Waals surface area (Å²) in [6, 6.07) is 12.2. The maximum absolute atomic E-state index is 3.89. The predicted molar refractivity (Wildman–Crippen MR) is 144 cm³/mol. The van der Waals surface area contributed by atoms with Crippen molar-refractivity contribution in [1.82, 2.24) is 0 Å². The highest BCUT2D eigenvalue weighted by molar-refractivity contribution is 9.10. The maximum Gasteiger partial charge on any atom is 0.0215 e. The van der Waals surface area contributed by atoms with E-state index in [4.69, 9.17) is 0 Å². The van der Waals surface area contributed by atoms with Crippen LogP contribution in [0.2, 0.25) is 0 Å². The highest BCUT2D eigenvalue weighted by atomic mass is 79.9. The molecule has 0 spiro atoms. The van der Waals surface area contributed by atoms with Gasteiger partial charge < -0.3 is 0 Å². The van der Waals surface area contributed by atoms with Crippen molar-refractivity contribution in [2.75, 3.05) is 0 Å². The van der Waals surface area contributed by atoms with Gasteiger partial charge >= 0.3 is 0 Å².